The first-order valence-corrected chi connectivity index (χ1v) is 8.60. The Morgan fingerprint density at radius 3 is 2.75 bits per heavy atom. The highest BCUT2D eigenvalue weighted by Gasteiger charge is 2.16. The maximum absolute atomic E-state index is 14.0. The van der Waals surface area contributed by atoms with E-state index in [-0.39, 0.29) is 23.1 Å². The summed E-state index contributed by atoms with van der Waals surface area (Å²) in [6.45, 7) is 1.83. The standard InChI is InChI=1S/C21H17FN4O2/c1-13-10-23-21(25-13)19(27)18-11-26(12-24-18)15-6-3-5-14(9-15)16-7-4-8-17(22)20(16)28-2/h3-12H,1-2H3,(H,23,25). The molecule has 0 saturated carbocycles. The molecule has 140 valence electrons. The number of aromatic nitrogens is 4. The Balaban J connectivity index is 1.69. The average molecular weight is 376 g/mol. The molecule has 28 heavy (non-hydrogen) atoms. The van der Waals surface area contributed by atoms with E-state index in [4.69, 9.17) is 4.74 Å². The van der Waals surface area contributed by atoms with E-state index in [1.807, 2.05) is 31.2 Å². The quantitative estimate of drug-likeness (QED) is 0.535. The number of hydrogen-bond donors (Lipinski definition) is 1. The molecule has 0 aliphatic heterocycles. The molecule has 2 aromatic heterocycles. The highest BCUT2D eigenvalue weighted by molar-refractivity contribution is 6.05. The maximum atomic E-state index is 14.0. The van der Waals surface area contributed by atoms with Crippen LogP contribution in [-0.4, -0.2) is 32.4 Å². The number of nitrogens with zero attached hydrogens (tertiary/aromatic N) is 3. The van der Waals surface area contributed by atoms with Crippen LogP contribution in [0.2, 0.25) is 0 Å². The number of nitrogens with one attached hydrogen (secondary N) is 1. The second-order valence-electron chi connectivity index (χ2n) is 6.28. The van der Waals surface area contributed by atoms with Crippen LogP contribution in [0.4, 0.5) is 4.39 Å². The van der Waals surface area contributed by atoms with Crippen molar-refractivity contribution in [1.29, 1.82) is 0 Å². The number of H-pyrrole nitrogens is 1. The molecule has 0 atom stereocenters. The lowest BCUT2D eigenvalue weighted by Gasteiger charge is -2.11. The number of ketones is 1. The monoisotopic (exact) mass is 376 g/mol. The van der Waals surface area contributed by atoms with Gasteiger partial charge in [0.15, 0.2) is 17.4 Å². The minimum Gasteiger partial charge on any atom is -0.493 e. The second-order valence-corrected chi connectivity index (χ2v) is 6.28. The number of carbonyl (C=O) groups excluding carboxylic acids is 1. The van der Waals surface area contributed by atoms with Crippen molar-refractivity contribution in [2.75, 3.05) is 7.11 Å². The molecule has 7 heteroatoms. The van der Waals surface area contributed by atoms with Crippen LogP contribution in [0.25, 0.3) is 16.8 Å². The zero-order chi connectivity index (χ0) is 19.7. The van der Waals surface area contributed by atoms with Gasteiger partial charge in [-0.15, -0.1) is 0 Å². The van der Waals surface area contributed by atoms with Gasteiger partial charge in [0, 0.05) is 29.3 Å². The Labute approximate surface area is 160 Å². The molecular formula is C21H17FN4O2. The number of imidazole rings is 2. The van der Waals surface area contributed by atoms with E-state index in [1.165, 1.54) is 13.2 Å². The van der Waals surface area contributed by atoms with Crippen molar-refractivity contribution in [2.45, 2.75) is 6.92 Å². The number of aromatic amines is 1. The van der Waals surface area contributed by atoms with Gasteiger partial charge in [-0.2, -0.15) is 0 Å². The summed E-state index contributed by atoms with van der Waals surface area (Å²) in [7, 11) is 1.44. The first kappa shape index (κ1) is 17.7. The molecule has 2 heterocycles. The first-order chi connectivity index (χ1) is 13.6. The van der Waals surface area contributed by atoms with Gasteiger partial charge >= 0.3 is 0 Å². The largest absolute Gasteiger partial charge is 0.493 e. The van der Waals surface area contributed by atoms with Crippen molar-refractivity contribution in [3.8, 4) is 22.6 Å². The number of hydrogen-bond acceptors (Lipinski definition) is 4. The number of para-hydroxylation sites is 1. The lowest BCUT2D eigenvalue weighted by atomic mass is 10.0. The minimum atomic E-state index is -0.422. The zero-order valence-electron chi connectivity index (χ0n) is 15.3. The Kier molecular flexibility index (Phi) is 4.49. The van der Waals surface area contributed by atoms with Crippen molar-refractivity contribution in [3.63, 3.8) is 0 Å². The fourth-order valence-electron chi connectivity index (χ4n) is 3.01. The van der Waals surface area contributed by atoms with E-state index < -0.39 is 5.82 Å². The number of ether oxygens (including phenoxy) is 1. The third kappa shape index (κ3) is 3.18. The third-order valence-corrected chi connectivity index (χ3v) is 4.36. The predicted octanol–water partition coefficient (Wildman–Crippen LogP) is 3.95. The second kappa shape index (κ2) is 7.11. The van der Waals surface area contributed by atoms with Gasteiger partial charge in [-0.1, -0.05) is 24.3 Å². The Hall–Kier alpha value is -3.74. The van der Waals surface area contributed by atoms with Crippen LogP contribution in [0.15, 0.2) is 61.2 Å². The normalized spacial score (nSPS) is 10.8. The SMILES string of the molecule is COc1c(F)cccc1-c1cccc(-n2cnc(C(=O)c3ncc(C)[nH]3)c2)c1. The lowest BCUT2D eigenvalue weighted by Crippen LogP contribution is -2.04. The smallest absolute Gasteiger partial charge is 0.248 e. The van der Waals surface area contributed by atoms with E-state index in [2.05, 4.69) is 15.0 Å². The molecule has 4 aromatic rings. The van der Waals surface area contributed by atoms with Gasteiger partial charge in [-0.25, -0.2) is 14.4 Å². The summed E-state index contributed by atoms with van der Waals surface area (Å²) in [6.07, 6.45) is 4.80. The van der Waals surface area contributed by atoms with Gasteiger partial charge in [0.05, 0.1) is 7.11 Å². The fourth-order valence-corrected chi connectivity index (χ4v) is 3.01. The molecule has 0 amide bonds. The van der Waals surface area contributed by atoms with Crippen LogP contribution in [0.5, 0.6) is 5.75 Å². The Morgan fingerprint density at radius 2 is 2.00 bits per heavy atom. The summed E-state index contributed by atoms with van der Waals surface area (Å²) in [6, 6.07) is 12.3. The van der Waals surface area contributed by atoms with Crippen molar-refractivity contribution in [1.82, 2.24) is 19.5 Å². The first-order valence-electron chi connectivity index (χ1n) is 8.60. The molecule has 0 saturated heterocycles. The van der Waals surface area contributed by atoms with E-state index in [1.54, 1.807) is 35.4 Å². The average Bonchev–Trinajstić information content (AvgIpc) is 3.37. The topological polar surface area (TPSA) is 72.8 Å². The summed E-state index contributed by atoms with van der Waals surface area (Å²) in [5, 5.41) is 0. The maximum Gasteiger partial charge on any atom is 0.248 e. The van der Waals surface area contributed by atoms with E-state index in [0.717, 1.165) is 16.9 Å². The summed E-state index contributed by atoms with van der Waals surface area (Å²) in [5.74, 6) is -0.264. The minimum absolute atomic E-state index is 0.189. The van der Waals surface area contributed by atoms with Gasteiger partial charge in [0.25, 0.3) is 0 Å². The molecule has 1 N–H and O–H groups in total. The van der Waals surface area contributed by atoms with E-state index in [0.29, 0.717) is 5.56 Å². The number of halogens is 1. The Morgan fingerprint density at radius 1 is 1.18 bits per heavy atom. The molecule has 0 bridgehead atoms. The molecule has 0 spiro atoms. The molecule has 0 radical (unpaired) electrons. The zero-order valence-corrected chi connectivity index (χ0v) is 15.3. The number of benzene rings is 2. The van der Waals surface area contributed by atoms with E-state index >= 15 is 0 Å². The molecule has 2 aromatic carbocycles. The van der Waals surface area contributed by atoms with Crippen LogP contribution in [0, 0.1) is 12.7 Å². The van der Waals surface area contributed by atoms with Crippen LogP contribution < -0.4 is 4.74 Å². The fraction of sp³-hybridized carbons (Fsp3) is 0.0952. The van der Waals surface area contributed by atoms with Crippen LogP contribution >= 0.6 is 0 Å². The number of aryl methyl sites for hydroxylation is 1. The summed E-state index contributed by atoms with van der Waals surface area (Å²) < 4.78 is 21.0. The molecule has 0 unspecified atom stereocenters. The number of rotatable bonds is 5. The van der Waals surface area contributed by atoms with Crippen LogP contribution in [0.1, 0.15) is 22.0 Å². The molecular weight excluding hydrogens is 359 g/mol. The van der Waals surface area contributed by atoms with Gasteiger partial charge in [-0.05, 0) is 30.7 Å². The van der Waals surface area contributed by atoms with Crippen LogP contribution in [0.3, 0.4) is 0 Å². The highest BCUT2D eigenvalue weighted by atomic mass is 19.1. The molecule has 4 rings (SSSR count). The lowest BCUT2D eigenvalue weighted by molar-refractivity contribution is 0.102. The molecule has 6 nitrogen and oxygen atoms in total. The highest BCUT2D eigenvalue weighted by Crippen LogP contribution is 2.33. The predicted molar refractivity (Wildman–Crippen MR) is 102 cm³/mol. The molecule has 0 fully saturated rings. The number of methoxy groups -OCH3 is 1. The van der Waals surface area contributed by atoms with Gasteiger partial charge in [0.1, 0.15) is 12.0 Å². The van der Waals surface area contributed by atoms with Crippen molar-refractivity contribution < 1.29 is 13.9 Å². The van der Waals surface area contributed by atoms with Crippen molar-refractivity contribution in [3.05, 3.63) is 84.2 Å². The molecule has 0 aliphatic carbocycles. The van der Waals surface area contributed by atoms with Crippen molar-refractivity contribution >= 4 is 5.78 Å². The van der Waals surface area contributed by atoms with Crippen molar-refractivity contribution in [2.24, 2.45) is 0 Å². The Bertz CT molecular complexity index is 1160. The van der Waals surface area contributed by atoms with Gasteiger partial charge < -0.3 is 14.3 Å². The third-order valence-electron chi connectivity index (χ3n) is 4.36. The van der Waals surface area contributed by atoms with Gasteiger partial charge in [0.2, 0.25) is 5.78 Å². The summed E-state index contributed by atoms with van der Waals surface area (Å²) >= 11 is 0. The van der Waals surface area contributed by atoms with Crippen LogP contribution in [-0.2, 0) is 0 Å². The summed E-state index contributed by atoms with van der Waals surface area (Å²) in [4.78, 5) is 23.6. The molecule has 0 aliphatic rings. The summed E-state index contributed by atoms with van der Waals surface area (Å²) in [5.41, 5.74) is 3.30. The number of carbonyl (C=O) groups is 1. The van der Waals surface area contributed by atoms with Gasteiger partial charge in [-0.3, -0.25) is 4.79 Å². The van der Waals surface area contributed by atoms with E-state index in [9.17, 15) is 9.18 Å².